The molecule has 0 spiro atoms. The minimum atomic E-state index is -0.0348. The van der Waals surface area contributed by atoms with Gasteiger partial charge in [0.25, 0.3) is 0 Å². The molecule has 56 heavy (non-hydrogen) atoms. The SMILES string of the molecule is C=C/C=C(\C=C)C1=CC(c2ccccc2)=CC(c2cccc(-c3cccc(-c4ccc(Cc5ccccc5)c(-c5ccccc5Cc5ccccn5)c4)c3)c2)N1. The molecule has 0 bridgehead atoms. The maximum absolute atomic E-state index is 4.66. The Morgan fingerprint density at radius 1 is 0.571 bits per heavy atom. The maximum atomic E-state index is 4.66. The quantitative estimate of drug-likeness (QED) is 0.127. The number of pyridine rings is 1. The molecule has 1 aliphatic rings. The highest BCUT2D eigenvalue weighted by Crippen LogP contribution is 2.37. The summed E-state index contributed by atoms with van der Waals surface area (Å²) in [5, 5.41) is 3.78. The van der Waals surface area contributed by atoms with Gasteiger partial charge in [0.15, 0.2) is 0 Å². The molecular weight excluding hydrogens is 677 g/mol. The smallest absolute Gasteiger partial charge is 0.0707 e. The summed E-state index contributed by atoms with van der Waals surface area (Å²) in [6.45, 7) is 8.02. The molecule has 0 aliphatic carbocycles. The first kappa shape index (κ1) is 36.0. The first-order chi connectivity index (χ1) is 27.6. The van der Waals surface area contributed by atoms with Crippen LogP contribution in [0.3, 0.4) is 0 Å². The molecule has 0 saturated carbocycles. The van der Waals surface area contributed by atoms with Crippen molar-refractivity contribution in [3.8, 4) is 33.4 Å². The summed E-state index contributed by atoms with van der Waals surface area (Å²) in [5.41, 5.74) is 17.7. The molecule has 0 fully saturated rings. The molecule has 2 nitrogen and oxygen atoms in total. The first-order valence-electron chi connectivity index (χ1n) is 19.2. The van der Waals surface area contributed by atoms with E-state index in [4.69, 9.17) is 0 Å². The van der Waals surface area contributed by atoms with Crippen LogP contribution >= 0.6 is 0 Å². The molecule has 7 aromatic rings. The zero-order chi connectivity index (χ0) is 38.1. The van der Waals surface area contributed by atoms with Gasteiger partial charge in [-0.2, -0.15) is 0 Å². The fourth-order valence-electron chi connectivity index (χ4n) is 7.59. The number of dihydropyridines is 1. The topological polar surface area (TPSA) is 24.9 Å². The second kappa shape index (κ2) is 17.0. The van der Waals surface area contributed by atoms with E-state index in [2.05, 4.69) is 199 Å². The van der Waals surface area contributed by atoms with Crippen molar-refractivity contribution in [2.45, 2.75) is 18.9 Å². The van der Waals surface area contributed by atoms with E-state index in [1.807, 2.05) is 30.5 Å². The van der Waals surface area contributed by atoms with E-state index in [0.717, 1.165) is 29.8 Å². The summed E-state index contributed by atoms with van der Waals surface area (Å²) in [4.78, 5) is 4.66. The van der Waals surface area contributed by atoms with Gasteiger partial charge in [0.2, 0.25) is 0 Å². The third-order valence-electron chi connectivity index (χ3n) is 10.4. The molecule has 1 aromatic heterocycles. The Bertz CT molecular complexity index is 2580. The molecule has 1 N–H and O–H groups in total. The van der Waals surface area contributed by atoms with Gasteiger partial charge in [0.1, 0.15) is 0 Å². The van der Waals surface area contributed by atoms with Crippen LogP contribution in [0.25, 0.3) is 39.0 Å². The maximum Gasteiger partial charge on any atom is 0.0707 e. The minimum Gasteiger partial charge on any atom is -0.374 e. The fourth-order valence-corrected chi connectivity index (χ4v) is 7.59. The zero-order valence-electron chi connectivity index (χ0n) is 31.5. The van der Waals surface area contributed by atoms with E-state index >= 15 is 0 Å². The van der Waals surface area contributed by atoms with Crippen molar-refractivity contribution >= 4 is 5.57 Å². The Balaban J connectivity index is 1.16. The molecule has 2 heteroatoms. The Morgan fingerprint density at radius 2 is 1.23 bits per heavy atom. The second-order valence-electron chi connectivity index (χ2n) is 14.1. The molecule has 8 rings (SSSR count). The summed E-state index contributed by atoms with van der Waals surface area (Å²) >= 11 is 0. The highest BCUT2D eigenvalue weighted by molar-refractivity contribution is 5.81. The average molecular weight is 721 g/mol. The van der Waals surface area contributed by atoms with Crippen molar-refractivity contribution in [3.05, 3.63) is 264 Å². The molecule has 1 unspecified atom stereocenters. The van der Waals surface area contributed by atoms with Crippen molar-refractivity contribution < 1.29 is 0 Å². The molecule has 0 radical (unpaired) electrons. The van der Waals surface area contributed by atoms with Crippen molar-refractivity contribution in [2.24, 2.45) is 0 Å². The lowest BCUT2D eigenvalue weighted by Crippen LogP contribution is -2.23. The fraction of sp³-hybridized carbons (Fsp3) is 0.0556. The van der Waals surface area contributed by atoms with E-state index in [0.29, 0.717) is 0 Å². The number of aromatic nitrogens is 1. The van der Waals surface area contributed by atoms with Crippen LogP contribution in [0.2, 0.25) is 0 Å². The molecule has 0 amide bonds. The Kier molecular flexibility index (Phi) is 10.9. The van der Waals surface area contributed by atoms with Crippen molar-refractivity contribution in [2.75, 3.05) is 0 Å². The Morgan fingerprint density at radius 3 is 1.98 bits per heavy atom. The van der Waals surface area contributed by atoms with Crippen LogP contribution in [0.1, 0.15) is 39.6 Å². The van der Waals surface area contributed by atoms with E-state index in [-0.39, 0.29) is 6.04 Å². The third-order valence-corrected chi connectivity index (χ3v) is 10.4. The van der Waals surface area contributed by atoms with Gasteiger partial charge in [-0.3, -0.25) is 4.98 Å². The largest absolute Gasteiger partial charge is 0.374 e. The lowest BCUT2D eigenvalue weighted by atomic mass is 9.88. The van der Waals surface area contributed by atoms with Gasteiger partial charge < -0.3 is 5.32 Å². The predicted molar refractivity (Wildman–Crippen MR) is 236 cm³/mol. The average Bonchev–Trinajstić information content (AvgIpc) is 3.27. The van der Waals surface area contributed by atoms with Gasteiger partial charge in [-0.05, 0) is 121 Å². The monoisotopic (exact) mass is 720 g/mol. The van der Waals surface area contributed by atoms with Crippen LogP contribution in [-0.2, 0) is 12.8 Å². The molecule has 6 aromatic carbocycles. The van der Waals surface area contributed by atoms with Gasteiger partial charge in [0, 0.05) is 24.0 Å². The number of hydrogen-bond acceptors (Lipinski definition) is 2. The first-order valence-corrected chi connectivity index (χ1v) is 19.2. The molecule has 270 valence electrons. The predicted octanol–water partition coefficient (Wildman–Crippen LogP) is 13.2. The lowest BCUT2D eigenvalue weighted by molar-refractivity contribution is 0.717. The van der Waals surface area contributed by atoms with Crippen molar-refractivity contribution in [3.63, 3.8) is 0 Å². The van der Waals surface area contributed by atoms with Gasteiger partial charge in [-0.15, -0.1) is 0 Å². The number of hydrogen-bond donors (Lipinski definition) is 1. The number of nitrogens with one attached hydrogen (secondary N) is 1. The molecule has 2 heterocycles. The third kappa shape index (κ3) is 8.21. The van der Waals surface area contributed by atoms with Crippen molar-refractivity contribution in [1.29, 1.82) is 0 Å². The molecule has 1 atom stereocenters. The second-order valence-corrected chi connectivity index (χ2v) is 14.1. The van der Waals surface area contributed by atoms with Gasteiger partial charge in [-0.25, -0.2) is 0 Å². The normalized spacial score (nSPS) is 13.9. The van der Waals surface area contributed by atoms with E-state index in [1.165, 1.54) is 66.8 Å². The highest BCUT2D eigenvalue weighted by atomic mass is 14.9. The number of benzene rings is 6. The van der Waals surface area contributed by atoms with Crippen LogP contribution in [0.4, 0.5) is 0 Å². The summed E-state index contributed by atoms with van der Waals surface area (Å²) in [5.74, 6) is 0. The number of nitrogens with zero attached hydrogens (tertiary/aromatic N) is 1. The van der Waals surface area contributed by atoms with Gasteiger partial charge in [-0.1, -0.05) is 171 Å². The summed E-state index contributed by atoms with van der Waals surface area (Å²) in [6.07, 6.45) is 13.7. The summed E-state index contributed by atoms with van der Waals surface area (Å²) < 4.78 is 0. The van der Waals surface area contributed by atoms with Gasteiger partial charge >= 0.3 is 0 Å². The minimum absolute atomic E-state index is 0.0348. The summed E-state index contributed by atoms with van der Waals surface area (Å²) in [6, 6.07) is 61.0. The molecule has 1 aliphatic heterocycles. The molecule has 0 saturated heterocycles. The number of allylic oxidation sites excluding steroid dienone is 5. The van der Waals surface area contributed by atoms with E-state index < -0.39 is 0 Å². The highest BCUT2D eigenvalue weighted by Gasteiger charge is 2.19. The Labute approximate surface area is 331 Å². The Hall–Kier alpha value is -7.03. The van der Waals surface area contributed by atoms with Crippen LogP contribution in [0.5, 0.6) is 0 Å². The van der Waals surface area contributed by atoms with E-state index in [9.17, 15) is 0 Å². The van der Waals surface area contributed by atoms with Crippen LogP contribution in [0.15, 0.2) is 231 Å². The van der Waals surface area contributed by atoms with E-state index in [1.54, 1.807) is 0 Å². The van der Waals surface area contributed by atoms with Crippen molar-refractivity contribution in [1.82, 2.24) is 10.3 Å². The molecular formula is C54H44N2. The van der Waals surface area contributed by atoms with Gasteiger partial charge in [0.05, 0.1) is 6.04 Å². The van der Waals surface area contributed by atoms with Crippen LogP contribution in [-0.4, -0.2) is 4.98 Å². The van der Waals surface area contributed by atoms with Crippen LogP contribution < -0.4 is 5.32 Å². The summed E-state index contributed by atoms with van der Waals surface area (Å²) in [7, 11) is 0. The standard InChI is InChI=1S/C54H44N2/c1-3-17-40(4-2)53-37-49(41-20-9-6-10-21-41)38-54(56-53)48-26-16-25-44(34-48)42-23-15-24-43(33-42)45-29-30-47(32-39-18-7-5-8-19-39)52(36-45)51-28-12-11-22-46(51)35-50-27-13-14-31-55-50/h3-31,33-34,36-38,54,56H,1-2,32,35H2/b40-17+. The van der Waals surface area contributed by atoms with Crippen LogP contribution in [0, 0.1) is 0 Å². The lowest BCUT2D eigenvalue weighted by Gasteiger charge is -2.26. The number of rotatable bonds is 12. The zero-order valence-corrected chi connectivity index (χ0v) is 31.5.